The van der Waals surface area contributed by atoms with Crippen LogP contribution in [0.2, 0.25) is 0 Å². The first kappa shape index (κ1) is 15.4. The van der Waals surface area contributed by atoms with Crippen LogP contribution in [0.1, 0.15) is 16.8 Å². The van der Waals surface area contributed by atoms with Gasteiger partial charge in [-0.25, -0.2) is 8.78 Å². The third-order valence-electron chi connectivity index (χ3n) is 3.41. The molecule has 7 heteroatoms. The number of amides is 1. The SMILES string of the molecule is O=C(O)CN1CCCN(C(=O)c2c(F)cccc2F)CC1. The van der Waals surface area contributed by atoms with E-state index in [0.717, 1.165) is 12.1 Å². The topological polar surface area (TPSA) is 60.9 Å². The second-order valence-electron chi connectivity index (χ2n) is 4.91. The summed E-state index contributed by atoms with van der Waals surface area (Å²) in [5.74, 6) is -3.39. The van der Waals surface area contributed by atoms with Crippen molar-refractivity contribution in [3.63, 3.8) is 0 Å². The van der Waals surface area contributed by atoms with E-state index in [1.165, 1.54) is 11.0 Å². The lowest BCUT2D eigenvalue weighted by atomic mass is 10.1. The lowest BCUT2D eigenvalue weighted by molar-refractivity contribution is -0.138. The van der Waals surface area contributed by atoms with E-state index in [2.05, 4.69) is 0 Å². The molecule has 1 aromatic carbocycles. The number of halogens is 2. The third kappa shape index (κ3) is 3.75. The van der Waals surface area contributed by atoms with Crippen molar-refractivity contribution in [1.82, 2.24) is 9.80 Å². The number of carboxylic acid groups (broad SMARTS) is 1. The molecule has 1 fully saturated rings. The number of hydrogen-bond donors (Lipinski definition) is 1. The molecule has 1 heterocycles. The van der Waals surface area contributed by atoms with Gasteiger partial charge in [0, 0.05) is 26.2 Å². The van der Waals surface area contributed by atoms with Crippen LogP contribution < -0.4 is 0 Å². The standard InChI is InChI=1S/C14H16F2N2O3/c15-10-3-1-4-11(16)13(10)14(21)18-6-2-5-17(7-8-18)9-12(19)20/h1,3-4H,2,5-9H2,(H,19,20). The summed E-state index contributed by atoms with van der Waals surface area (Å²) in [5, 5.41) is 8.76. The smallest absolute Gasteiger partial charge is 0.317 e. The molecule has 0 atom stereocenters. The van der Waals surface area contributed by atoms with E-state index in [9.17, 15) is 18.4 Å². The molecule has 114 valence electrons. The molecule has 0 saturated carbocycles. The van der Waals surface area contributed by atoms with Gasteiger partial charge in [0.2, 0.25) is 0 Å². The van der Waals surface area contributed by atoms with Crippen molar-refractivity contribution in [2.24, 2.45) is 0 Å². The quantitative estimate of drug-likeness (QED) is 0.911. The Hall–Kier alpha value is -2.02. The number of rotatable bonds is 3. The highest BCUT2D eigenvalue weighted by molar-refractivity contribution is 5.94. The molecule has 0 aromatic heterocycles. The summed E-state index contributed by atoms with van der Waals surface area (Å²) in [4.78, 5) is 26.0. The summed E-state index contributed by atoms with van der Waals surface area (Å²) < 4.78 is 27.3. The highest BCUT2D eigenvalue weighted by Gasteiger charge is 2.25. The van der Waals surface area contributed by atoms with Crippen LogP contribution in [0.5, 0.6) is 0 Å². The van der Waals surface area contributed by atoms with Gasteiger partial charge in [0.15, 0.2) is 0 Å². The van der Waals surface area contributed by atoms with Crippen LogP contribution in [0.15, 0.2) is 18.2 Å². The summed E-state index contributed by atoms with van der Waals surface area (Å²) in [7, 11) is 0. The Kier molecular flexibility index (Phi) is 4.85. The normalized spacial score (nSPS) is 16.6. The molecule has 0 spiro atoms. The predicted molar refractivity (Wildman–Crippen MR) is 71.0 cm³/mol. The van der Waals surface area contributed by atoms with Crippen molar-refractivity contribution in [3.05, 3.63) is 35.4 Å². The van der Waals surface area contributed by atoms with Crippen LogP contribution >= 0.6 is 0 Å². The van der Waals surface area contributed by atoms with Crippen LogP contribution in [0.3, 0.4) is 0 Å². The van der Waals surface area contributed by atoms with Crippen molar-refractivity contribution in [2.45, 2.75) is 6.42 Å². The summed E-state index contributed by atoms with van der Waals surface area (Å²) in [5.41, 5.74) is -0.552. The maximum Gasteiger partial charge on any atom is 0.317 e. The number of hydrogen-bond acceptors (Lipinski definition) is 3. The maximum absolute atomic E-state index is 13.6. The lowest BCUT2D eigenvalue weighted by Gasteiger charge is -2.21. The van der Waals surface area contributed by atoms with Crippen LogP contribution in [-0.4, -0.2) is 59.5 Å². The van der Waals surface area contributed by atoms with Crippen molar-refractivity contribution < 1.29 is 23.5 Å². The Morgan fingerprint density at radius 2 is 1.76 bits per heavy atom. The minimum atomic E-state index is -0.935. The van der Waals surface area contributed by atoms with Crippen molar-refractivity contribution >= 4 is 11.9 Å². The van der Waals surface area contributed by atoms with Crippen LogP contribution in [0, 0.1) is 11.6 Å². The molecule has 1 aromatic rings. The first-order valence-electron chi connectivity index (χ1n) is 6.66. The molecule has 5 nitrogen and oxygen atoms in total. The van der Waals surface area contributed by atoms with Gasteiger partial charge in [0.1, 0.15) is 17.2 Å². The summed E-state index contributed by atoms with van der Waals surface area (Å²) in [6.45, 7) is 1.41. The fraction of sp³-hybridized carbons (Fsp3) is 0.429. The molecular weight excluding hydrogens is 282 g/mol. The van der Waals surface area contributed by atoms with E-state index in [4.69, 9.17) is 5.11 Å². The average molecular weight is 298 g/mol. The van der Waals surface area contributed by atoms with Gasteiger partial charge < -0.3 is 10.0 Å². The molecule has 21 heavy (non-hydrogen) atoms. The molecule has 1 aliphatic heterocycles. The highest BCUT2D eigenvalue weighted by Crippen LogP contribution is 2.16. The zero-order chi connectivity index (χ0) is 15.4. The summed E-state index contributed by atoms with van der Waals surface area (Å²) in [6, 6.07) is 3.30. The van der Waals surface area contributed by atoms with Gasteiger partial charge in [-0.15, -0.1) is 0 Å². The third-order valence-corrected chi connectivity index (χ3v) is 3.41. The van der Waals surface area contributed by atoms with Gasteiger partial charge in [-0.05, 0) is 18.6 Å². The number of carbonyl (C=O) groups is 2. The summed E-state index contributed by atoms with van der Waals surface area (Å²) >= 11 is 0. The highest BCUT2D eigenvalue weighted by atomic mass is 19.1. The van der Waals surface area contributed by atoms with Crippen LogP contribution in [0.4, 0.5) is 8.78 Å². The van der Waals surface area contributed by atoms with Gasteiger partial charge in [-0.2, -0.15) is 0 Å². The monoisotopic (exact) mass is 298 g/mol. The van der Waals surface area contributed by atoms with Crippen LogP contribution in [0.25, 0.3) is 0 Å². The van der Waals surface area contributed by atoms with E-state index >= 15 is 0 Å². The van der Waals surface area contributed by atoms with Crippen molar-refractivity contribution in [3.8, 4) is 0 Å². The van der Waals surface area contributed by atoms with Gasteiger partial charge in [-0.3, -0.25) is 14.5 Å². The molecule has 0 unspecified atom stereocenters. The molecule has 0 bridgehead atoms. The number of aliphatic carboxylic acids is 1. The minimum Gasteiger partial charge on any atom is -0.480 e. The van der Waals surface area contributed by atoms with Gasteiger partial charge >= 0.3 is 5.97 Å². The first-order chi connectivity index (χ1) is 9.99. The number of carbonyl (C=O) groups excluding carboxylic acids is 1. The Morgan fingerprint density at radius 3 is 2.38 bits per heavy atom. The lowest BCUT2D eigenvalue weighted by Crippen LogP contribution is -2.37. The van der Waals surface area contributed by atoms with Crippen molar-refractivity contribution in [2.75, 3.05) is 32.7 Å². The van der Waals surface area contributed by atoms with E-state index in [1.807, 2.05) is 0 Å². The molecule has 0 aliphatic carbocycles. The Morgan fingerprint density at radius 1 is 1.10 bits per heavy atom. The zero-order valence-corrected chi connectivity index (χ0v) is 11.4. The molecule has 0 radical (unpaired) electrons. The number of nitrogens with zero attached hydrogens (tertiary/aromatic N) is 2. The number of carboxylic acids is 1. The molecular formula is C14H16F2N2O3. The largest absolute Gasteiger partial charge is 0.480 e. The molecule has 1 N–H and O–H groups in total. The van der Waals surface area contributed by atoms with Crippen molar-refractivity contribution in [1.29, 1.82) is 0 Å². The van der Waals surface area contributed by atoms with Gasteiger partial charge in [-0.1, -0.05) is 6.07 Å². The minimum absolute atomic E-state index is 0.101. The Bertz CT molecular complexity index is 531. The molecule has 1 aliphatic rings. The fourth-order valence-electron chi connectivity index (χ4n) is 2.38. The predicted octanol–water partition coefficient (Wildman–Crippen LogP) is 1.20. The average Bonchev–Trinajstić information content (AvgIpc) is 2.63. The molecule has 1 saturated heterocycles. The summed E-state index contributed by atoms with van der Waals surface area (Å²) in [6.07, 6.45) is 0.565. The van der Waals surface area contributed by atoms with Gasteiger partial charge in [0.25, 0.3) is 5.91 Å². The molecule has 2 rings (SSSR count). The maximum atomic E-state index is 13.6. The van der Waals surface area contributed by atoms with E-state index < -0.39 is 29.1 Å². The number of benzene rings is 1. The van der Waals surface area contributed by atoms with Crippen LogP contribution in [-0.2, 0) is 4.79 Å². The zero-order valence-electron chi connectivity index (χ0n) is 11.4. The second kappa shape index (κ2) is 6.62. The molecule has 1 amide bonds. The van der Waals surface area contributed by atoms with E-state index in [-0.39, 0.29) is 13.1 Å². The fourth-order valence-corrected chi connectivity index (χ4v) is 2.38. The Labute approximate surface area is 120 Å². The Balaban J connectivity index is 2.08. The van der Waals surface area contributed by atoms with Gasteiger partial charge in [0.05, 0.1) is 6.54 Å². The van der Waals surface area contributed by atoms with E-state index in [0.29, 0.717) is 26.1 Å². The first-order valence-corrected chi connectivity index (χ1v) is 6.66. The second-order valence-corrected chi connectivity index (χ2v) is 4.91. The van der Waals surface area contributed by atoms with E-state index in [1.54, 1.807) is 4.90 Å².